The van der Waals surface area contributed by atoms with Crippen molar-refractivity contribution in [1.29, 1.82) is 0 Å². The summed E-state index contributed by atoms with van der Waals surface area (Å²) in [6, 6.07) is 0. The molecule has 0 amide bonds. The predicted molar refractivity (Wildman–Crippen MR) is 61.0 cm³/mol. The van der Waals surface area contributed by atoms with E-state index >= 15 is 0 Å². The van der Waals surface area contributed by atoms with E-state index in [1.54, 1.807) is 17.1 Å². The number of aliphatic hydroxyl groups excluding tert-OH is 1. The van der Waals surface area contributed by atoms with E-state index in [0.717, 1.165) is 0 Å². The Morgan fingerprint density at radius 1 is 1.60 bits per heavy atom. The largest absolute Gasteiger partial charge is 0.390 e. The van der Waals surface area contributed by atoms with Gasteiger partial charge in [0.25, 0.3) is 0 Å². The zero-order valence-electron chi connectivity index (χ0n) is 9.37. The molecule has 1 aromatic rings. The van der Waals surface area contributed by atoms with Crippen LogP contribution in [0.4, 0.5) is 0 Å². The lowest BCUT2D eigenvalue weighted by molar-refractivity contribution is 0.137. The van der Waals surface area contributed by atoms with Crippen LogP contribution in [0.25, 0.3) is 0 Å². The fraction of sp³-hybridized carbons (Fsp3) is 0.700. The first-order chi connectivity index (χ1) is 6.87. The van der Waals surface area contributed by atoms with Crippen LogP contribution in [-0.4, -0.2) is 33.1 Å². The second-order valence-corrected chi connectivity index (χ2v) is 5.10. The van der Waals surface area contributed by atoms with Gasteiger partial charge in [-0.15, -0.1) is 0 Å². The van der Waals surface area contributed by atoms with Gasteiger partial charge in [-0.3, -0.25) is 4.68 Å². The number of nitrogens with zero attached hydrogens (tertiary/aromatic N) is 2. The minimum atomic E-state index is -0.458. The molecule has 0 aliphatic rings. The lowest BCUT2D eigenvalue weighted by Crippen LogP contribution is -2.42. The molecule has 2 N–H and O–H groups in total. The van der Waals surface area contributed by atoms with Crippen molar-refractivity contribution in [2.24, 2.45) is 0 Å². The van der Waals surface area contributed by atoms with Crippen LogP contribution in [0.1, 0.15) is 20.8 Å². The van der Waals surface area contributed by atoms with Gasteiger partial charge in [0.1, 0.15) is 0 Å². The van der Waals surface area contributed by atoms with Gasteiger partial charge in [-0.1, -0.05) is 11.6 Å². The summed E-state index contributed by atoms with van der Waals surface area (Å²) >= 11 is 5.71. The van der Waals surface area contributed by atoms with Crippen LogP contribution < -0.4 is 5.32 Å². The number of aromatic nitrogens is 2. The summed E-state index contributed by atoms with van der Waals surface area (Å²) < 4.78 is 1.64. The summed E-state index contributed by atoms with van der Waals surface area (Å²) in [6.45, 7) is 7.18. The third kappa shape index (κ3) is 5.16. The Balaban J connectivity index is 2.33. The van der Waals surface area contributed by atoms with Crippen molar-refractivity contribution >= 4 is 11.6 Å². The number of halogens is 1. The first-order valence-corrected chi connectivity index (χ1v) is 5.36. The third-order valence-corrected chi connectivity index (χ3v) is 2.06. The van der Waals surface area contributed by atoms with Crippen molar-refractivity contribution < 1.29 is 5.11 Å². The predicted octanol–water partition coefficient (Wildman–Crippen LogP) is 1.29. The van der Waals surface area contributed by atoms with Gasteiger partial charge >= 0.3 is 0 Å². The van der Waals surface area contributed by atoms with Crippen molar-refractivity contribution in [1.82, 2.24) is 15.1 Å². The van der Waals surface area contributed by atoms with E-state index in [2.05, 4.69) is 31.2 Å². The first kappa shape index (κ1) is 12.5. The zero-order valence-corrected chi connectivity index (χ0v) is 10.1. The average Bonchev–Trinajstić information content (AvgIpc) is 2.47. The molecule has 0 spiro atoms. The highest BCUT2D eigenvalue weighted by Gasteiger charge is 2.12. The lowest BCUT2D eigenvalue weighted by atomic mass is 10.1. The van der Waals surface area contributed by atoms with Crippen LogP contribution in [0.3, 0.4) is 0 Å². The molecule has 0 aromatic carbocycles. The first-order valence-electron chi connectivity index (χ1n) is 4.98. The molecule has 1 heterocycles. The quantitative estimate of drug-likeness (QED) is 0.821. The molecule has 0 fully saturated rings. The summed E-state index contributed by atoms with van der Waals surface area (Å²) in [5, 5.41) is 17.5. The van der Waals surface area contributed by atoms with E-state index in [-0.39, 0.29) is 5.54 Å². The van der Waals surface area contributed by atoms with E-state index in [9.17, 15) is 5.11 Å². The Morgan fingerprint density at radius 2 is 2.27 bits per heavy atom. The Bertz CT molecular complexity index is 306. The molecular weight excluding hydrogens is 214 g/mol. The van der Waals surface area contributed by atoms with Crippen molar-refractivity contribution in [2.75, 3.05) is 6.54 Å². The standard InChI is InChI=1S/C10H18ClN3O/c1-10(2,3)12-5-9(15)7-14-6-8(11)4-13-14/h4,6,9,12,15H,5,7H2,1-3H3. The number of rotatable bonds is 4. The van der Waals surface area contributed by atoms with Gasteiger partial charge in [0.05, 0.1) is 23.9 Å². The summed E-state index contributed by atoms with van der Waals surface area (Å²) in [4.78, 5) is 0. The smallest absolute Gasteiger partial charge is 0.0860 e. The van der Waals surface area contributed by atoms with Gasteiger partial charge in [0, 0.05) is 18.3 Å². The maximum absolute atomic E-state index is 9.71. The summed E-state index contributed by atoms with van der Waals surface area (Å²) in [6.07, 6.45) is 2.80. The molecule has 0 aliphatic carbocycles. The number of hydrogen-bond acceptors (Lipinski definition) is 3. The van der Waals surface area contributed by atoms with E-state index in [1.165, 1.54) is 0 Å². The molecule has 0 aliphatic heterocycles. The van der Waals surface area contributed by atoms with E-state index in [4.69, 9.17) is 11.6 Å². The van der Waals surface area contributed by atoms with Crippen molar-refractivity contribution in [3.05, 3.63) is 17.4 Å². The molecule has 86 valence electrons. The molecule has 1 aromatic heterocycles. The molecule has 4 nitrogen and oxygen atoms in total. The minimum absolute atomic E-state index is 0.0166. The molecular formula is C10H18ClN3O. The summed E-state index contributed by atoms with van der Waals surface area (Å²) in [5.74, 6) is 0. The van der Waals surface area contributed by atoms with Gasteiger partial charge in [-0.2, -0.15) is 5.10 Å². The molecule has 1 atom stereocenters. The molecule has 0 saturated heterocycles. The molecule has 0 radical (unpaired) electrons. The summed E-state index contributed by atoms with van der Waals surface area (Å²) in [5.41, 5.74) is 0.0166. The topological polar surface area (TPSA) is 50.1 Å². The molecule has 1 unspecified atom stereocenters. The van der Waals surface area contributed by atoms with Gasteiger partial charge in [-0.25, -0.2) is 0 Å². The minimum Gasteiger partial charge on any atom is -0.390 e. The fourth-order valence-corrected chi connectivity index (χ4v) is 1.30. The van der Waals surface area contributed by atoms with Gasteiger partial charge < -0.3 is 10.4 Å². The third-order valence-electron chi connectivity index (χ3n) is 1.87. The Morgan fingerprint density at radius 3 is 2.73 bits per heavy atom. The van der Waals surface area contributed by atoms with Crippen molar-refractivity contribution in [2.45, 2.75) is 39.0 Å². The highest BCUT2D eigenvalue weighted by Crippen LogP contribution is 2.05. The van der Waals surface area contributed by atoms with Gasteiger partial charge in [0.2, 0.25) is 0 Å². The number of hydrogen-bond donors (Lipinski definition) is 2. The number of nitrogens with one attached hydrogen (secondary N) is 1. The van der Waals surface area contributed by atoms with Gasteiger partial charge in [-0.05, 0) is 20.8 Å². The number of β-amino-alcohol motifs (C(OH)–C–C–N with tert-alkyl or cyclic N) is 1. The van der Waals surface area contributed by atoms with Crippen molar-refractivity contribution in [3.8, 4) is 0 Å². The van der Waals surface area contributed by atoms with Gasteiger partial charge in [0.15, 0.2) is 0 Å². The monoisotopic (exact) mass is 231 g/mol. The van der Waals surface area contributed by atoms with E-state index < -0.39 is 6.10 Å². The molecule has 0 bridgehead atoms. The second-order valence-electron chi connectivity index (χ2n) is 4.67. The highest BCUT2D eigenvalue weighted by molar-refractivity contribution is 6.30. The van der Waals surface area contributed by atoms with Crippen LogP contribution in [0.5, 0.6) is 0 Å². The van der Waals surface area contributed by atoms with Crippen LogP contribution in [-0.2, 0) is 6.54 Å². The normalized spacial score (nSPS) is 14.2. The maximum Gasteiger partial charge on any atom is 0.0860 e. The molecule has 0 saturated carbocycles. The lowest BCUT2D eigenvalue weighted by Gasteiger charge is -2.22. The molecule has 1 rings (SSSR count). The van der Waals surface area contributed by atoms with Crippen LogP contribution >= 0.6 is 11.6 Å². The van der Waals surface area contributed by atoms with Crippen LogP contribution in [0.2, 0.25) is 5.02 Å². The average molecular weight is 232 g/mol. The van der Waals surface area contributed by atoms with Crippen molar-refractivity contribution in [3.63, 3.8) is 0 Å². The van der Waals surface area contributed by atoms with Crippen LogP contribution in [0, 0.1) is 0 Å². The maximum atomic E-state index is 9.71. The van der Waals surface area contributed by atoms with Crippen LogP contribution in [0.15, 0.2) is 12.4 Å². The number of aliphatic hydroxyl groups is 1. The molecule has 15 heavy (non-hydrogen) atoms. The SMILES string of the molecule is CC(C)(C)NCC(O)Cn1cc(Cl)cn1. The van der Waals surface area contributed by atoms with E-state index in [1.807, 2.05) is 0 Å². The Kier molecular flexibility index (Phi) is 4.13. The zero-order chi connectivity index (χ0) is 11.5. The Hall–Kier alpha value is -0.580. The Labute approximate surface area is 95.2 Å². The summed E-state index contributed by atoms with van der Waals surface area (Å²) in [7, 11) is 0. The highest BCUT2D eigenvalue weighted by atomic mass is 35.5. The second kappa shape index (κ2) is 4.96. The van der Waals surface area contributed by atoms with E-state index in [0.29, 0.717) is 18.1 Å². The fourth-order valence-electron chi connectivity index (χ4n) is 1.14. The molecule has 5 heteroatoms.